The molecule has 0 unspecified atom stereocenters. The minimum absolute atomic E-state index is 0.00472. The predicted molar refractivity (Wildman–Crippen MR) is 88.1 cm³/mol. The van der Waals surface area contributed by atoms with Gasteiger partial charge in [-0.05, 0) is 19.8 Å². The highest BCUT2D eigenvalue weighted by molar-refractivity contribution is 5.93. The average Bonchev–Trinajstić information content (AvgIpc) is 2.91. The van der Waals surface area contributed by atoms with Crippen LogP contribution in [0.3, 0.4) is 0 Å². The van der Waals surface area contributed by atoms with Crippen LogP contribution in [0.15, 0.2) is 10.6 Å². The van der Waals surface area contributed by atoms with Crippen molar-refractivity contribution in [1.29, 1.82) is 0 Å². The van der Waals surface area contributed by atoms with Gasteiger partial charge in [0.25, 0.3) is 0 Å². The normalized spacial score (nSPS) is 14.4. The molecule has 1 atom stereocenters. The molecular formula is C17H27F3N2O3. The molecule has 0 saturated heterocycles. The molecule has 0 aromatic carbocycles. The SMILES string of the molecule is C[C@H](O)C(C)(C)c1cc(NC(=O)C(C)(C)CCCCC(F)(F)F)on1. The van der Waals surface area contributed by atoms with E-state index in [2.05, 4.69) is 10.5 Å². The maximum atomic E-state index is 12.3. The van der Waals surface area contributed by atoms with Crippen molar-refractivity contribution >= 4 is 11.8 Å². The summed E-state index contributed by atoms with van der Waals surface area (Å²) in [4.78, 5) is 12.3. The second-order valence-electron chi connectivity index (χ2n) is 7.63. The van der Waals surface area contributed by atoms with E-state index in [1.54, 1.807) is 40.7 Å². The molecule has 1 rings (SSSR count). The van der Waals surface area contributed by atoms with Gasteiger partial charge in [-0.3, -0.25) is 10.1 Å². The average molecular weight is 364 g/mol. The number of hydrogen-bond donors (Lipinski definition) is 2. The Hall–Kier alpha value is -1.57. The lowest BCUT2D eigenvalue weighted by atomic mass is 9.84. The van der Waals surface area contributed by atoms with Gasteiger partial charge in [0.2, 0.25) is 11.8 Å². The zero-order valence-electron chi connectivity index (χ0n) is 15.3. The highest BCUT2D eigenvalue weighted by atomic mass is 19.4. The number of alkyl halides is 3. The molecule has 5 nitrogen and oxygen atoms in total. The van der Waals surface area contributed by atoms with E-state index < -0.39 is 29.5 Å². The number of hydrogen-bond acceptors (Lipinski definition) is 4. The standard InChI is InChI=1S/C17H27F3N2O3/c1-11(23)16(4,5)12-10-13(25-22-12)21-14(24)15(2,3)8-6-7-9-17(18,19)20/h10-11,23H,6-9H2,1-5H3,(H,21,24)/t11-/m0/s1. The summed E-state index contributed by atoms with van der Waals surface area (Å²) in [6.07, 6.45) is -5.04. The first kappa shape index (κ1) is 21.5. The number of aliphatic hydroxyl groups excluding tert-OH is 1. The van der Waals surface area contributed by atoms with Gasteiger partial charge in [0.05, 0.1) is 11.8 Å². The maximum absolute atomic E-state index is 12.3. The van der Waals surface area contributed by atoms with Gasteiger partial charge < -0.3 is 9.63 Å². The van der Waals surface area contributed by atoms with E-state index in [1.165, 1.54) is 0 Å². The molecule has 1 heterocycles. The summed E-state index contributed by atoms with van der Waals surface area (Å²) >= 11 is 0. The number of carbonyl (C=O) groups excluding carboxylic acids is 1. The Balaban J connectivity index is 2.61. The minimum Gasteiger partial charge on any atom is -0.392 e. The Bertz CT molecular complexity index is 578. The fourth-order valence-corrected chi connectivity index (χ4v) is 2.14. The fraction of sp³-hybridized carbons (Fsp3) is 0.765. The van der Waals surface area contributed by atoms with Crippen molar-refractivity contribution in [2.75, 3.05) is 5.32 Å². The number of unbranched alkanes of at least 4 members (excludes halogenated alkanes) is 1. The summed E-state index contributed by atoms with van der Waals surface area (Å²) in [6, 6.07) is 1.55. The predicted octanol–water partition coefficient (Wildman–Crippen LogP) is 4.42. The second-order valence-corrected chi connectivity index (χ2v) is 7.63. The van der Waals surface area contributed by atoms with Gasteiger partial charge in [-0.25, -0.2) is 0 Å². The van der Waals surface area contributed by atoms with Crippen LogP contribution in [-0.2, 0) is 10.2 Å². The third-order valence-electron chi connectivity index (χ3n) is 4.58. The molecule has 0 fully saturated rings. The largest absolute Gasteiger partial charge is 0.392 e. The molecule has 0 bridgehead atoms. The lowest BCUT2D eigenvalue weighted by Crippen LogP contribution is -2.31. The molecule has 144 valence electrons. The fourth-order valence-electron chi connectivity index (χ4n) is 2.14. The molecule has 0 spiro atoms. The lowest BCUT2D eigenvalue weighted by molar-refractivity contribution is -0.136. The Kier molecular flexibility index (Phi) is 6.67. The summed E-state index contributed by atoms with van der Waals surface area (Å²) in [5.41, 5.74) is -0.974. The second kappa shape index (κ2) is 7.76. The van der Waals surface area contributed by atoms with Crippen LogP contribution < -0.4 is 5.32 Å². The van der Waals surface area contributed by atoms with E-state index >= 15 is 0 Å². The zero-order chi connectivity index (χ0) is 19.5. The smallest absolute Gasteiger partial charge is 0.389 e. The molecule has 0 saturated carbocycles. The Morgan fingerprint density at radius 1 is 1.24 bits per heavy atom. The van der Waals surface area contributed by atoms with Crippen LogP contribution in [0.25, 0.3) is 0 Å². The van der Waals surface area contributed by atoms with Gasteiger partial charge in [0.15, 0.2) is 0 Å². The number of nitrogens with one attached hydrogen (secondary N) is 1. The van der Waals surface area contributed by atoms with Crippen LogP contribution >= 0.6 is 0 Å². The molecule has 0 aliphatic heterocycles. The highest BCUT2D eigenvalue weighted by Gasteiger charge is 2.33. The molecule has 25 heavy (non-hydrogen) atoms. The van der Waals surface area contributed by atoms with E-state index in [0.717, 1.165) is 0 Å². The lowest BCUT2D eigenvalue weighted by Gasteiger charge is -2.24. The number of carbonyl (C=O) groups is 1. The van der Waals surface area contributed by atoms with Crippen LogP contribution in [0.5, 0.6) is 0 Å². The molecule has 8 heteroatoms. The number of amides is 1. The van der Waals surface area contributed by atoms with E-state index in [9.17, 15) is 23.1 Å². The van der Waals surface area contributed by atoms with Gasteiger partial charge in [-0.1, -0.05) is 39.3 Å². The van der Waals surface area contributed by atoms with Crippen molar-refractivity contribution in [1.82, 2.24) is 5.16 Å². The molecule has 1 amide bonds. The highest BCUT2D eigenvalue weighted by Crippen LogP contribution is 2.31. The van der Waals surface area contributed by atoms with Crippen molar-refractivity contribution in [3.8, 4) is 0 Å². The Labute approximate surface area is 146 Å². The Morgan fingerprint density at radius 3 is 2.32 bits per heavy atom. The van der Waals surface area contributed by atoms with E-state index in [1.807, 2.05) is 0 Å². The van der Waals surface area contributed by atoms with Crippen LogP contribution in [0, 0.1) is 5.41 Å². The molecule has 2 N–H and O–H groups in total. The third kappa shape index (κ3) is 6.34. The van der Waals surface area contributed by atoms with E-state index in [0.29, 0.717) is 18.5 Å². The van der Waals surface area contributed by atoms with Gasteiger partial charge in [0.1, 0.15) is 0 Å². The first-order valence-corrected chi connectivity index (χ1v) is 8.29. The van der Waals surface area contributed by atoms with Crippen molar-refractivity contribution in [3.63, 3.8) is 0 Å². The van der Waals surface area contributed by atoms with Crippen molar-refractivity contribution in [3.05, 3.63) is 11.8 Å². The first-order chi connectivity index (χ1) is 11.3. The van der Waals surface area contributed by atoms with Gasteiger partial charge >= 0.3 is 6.18 Å². The minimum atomic E-state index is -4.17. The number of anilines is 1. The van der Waals surface area contributed by atoms with Crippen LogP contribution in [0.4, 0.5) is 19.1 Å². The van der Waals surface area contributed by atoms with Gasteiger partial charge in [-0.2, -0.15) is 13.2 Å². The number of aliphatic hydroxyl groups is 1. The summed E-state index contributed by atoms with van der Waals surface area (Å²) in [5.74, 6) is -0.200. The third-order valence-corrected chi connectivity index (χ3v) is 4.58. The molecule has 0 radical (unpaired) electrons. The van der Waals surface area contributed by atoms with Gasteiger partial charge in [-0.15, -0.1) is 0 Å². The summed E-state index contributed by atoms with van der Waals surface area (Å²) in [7, 11) is 0. The van der Waals surface area contributed by atoms with Crippen molar-refractivity contribution in [2.24, 2.45) is 5.41 Å². The molecule has 0 aliphatic carbocycles. The zero-order valence-corrected chi connectivity index (χ0v) is 15.3. The maximum Gasteiger partial charge on any atom is 0.389 e. The van der Waals surface area contributed by atoms with E-state index in [-0.39, 0.29) is 18.2 Å². The van der Waals surface area contributed by atoms with Crippen molar-refractivity contribution < 1.29 is 27.6 Å². The number of halogens is 3. The Morgan fingerprint density at radius 2 is 1.80 bits per heavy atom. The molecule has 1 aromatic heterocycles. The summed E-state index contributed by atoms with van der Waals surface area (Å²) in [6.45, 7) is 8.58. The number of aromatic nitrogens is 1. The molecule has 0 aliphatic rings. The van der Waals surface area contributed by atoms with Crippen LogP contribution in [0.2, 0.25) is 0 Å². The monoisotopic (exact) mass is 364 g/mol. The first-order valence-electron chi connectivity index (χ1n) is 8.29. The van der Waals surface area contributed by atoms with Gasteiger partial charge in [0, 0.05) is 23.3 Å². The summed E-state index contributed by atoms with van der Waals surface area (Å²) < 4.78 is 41.6. The number of nitrogens with zero attached hydrogens (tertiary/aromatic N) is 1. The number of rotatable bonds is 8. The summed E-state index contributed by atoms with van der Waals surface area (Å²) in [5, 5.41) is 16.3. The molecular weight excluding hydrogens is 337 g/mol. The quantitative estimate of drug-likeness (QED) is 0.670. The van der Waals surface area contributed by atoms with Crippen molar-refractivity contribution in [2.45, 2.75) is 78.0 Å². The topological polar surface area (TPSA) is 75.4 Å². The van der Waals surface area contributed by atoms with E-state index in [4.69, 9.17) is 4.52 Å². The van der Waals surface area contributed by atoms with Crippen LogP contribution in [0.1, 0.15) is 66.0 Å². The molecule has 1 aromatic rings. The van der Waals surface area contributed by atoms with Crippen LogP contribution in [-0.4, -0.2) is 28.5 Å².